The second-order valence-electron chi connectivity index (χ2n) is 3.03. The Morgan fingerprint density at radius 1 is 1.08 bits per heavy atom. The van der Waals surface area contributed by atoms with Gasteiger partial charge in [0.1, 0.15) is 0 Å². The van der Waals surface area contributed by atoms with Crippen LogP contribution in [0, 0.1) is 0 Å². The third-order valence-electron chi connectivity index (χ3n) is 2.19. The highest BCUT2D eigenvalue weighted by atomic mass is 14.2. The molecule has 1 aromatic rings. The van der Waals surface area contributed by atoms with Crippen LogP contribution in [0.4, 0.5) is 0 Å². The molecule has 0 saturated carbocycles. The molecular formula is C12H10. The summed E-state index contributed by atoms with van der Waals surface area (Å²) in [7, 11) is 0. The van der Waals surface area contributed by atoms with E-state index in [4.69, 9.17) is 0 Å². The monoisotopic (exact) mass is 154 g/mol. The van der Waals surface area contributed by atoms with Crippen molar-refractivity contribution in [2.75, 3.05) is 0 Å². The van der Waals surface area contributed by atoms with Crippen molar-refractivity contribution >= 4 is 0 Å². The Kier molecular flexibility index (Phi) is 1.72. The molecule has 58 valence electrons. The molecule has 1 aliphatic carbocycles. The van der Waals surface area contributed by atoms with Crippen molar-refractivity contribution in [2.45, 2.75) is 12.8 Å². The van der Waals surface area contributed by atoms with E-state index in [-0.39, 0.29) is 0 Å². The topological polar surface area (TPSA) is 0 Å². The Balaban J connectivity index is 2.46. The molecule has 1 aliphatic rings. The normalized spacial score (nSPS) is 13.5. The third-order valence-corrected chi connectivity index (χ3v) is 2.19. The molecular weight excluding hydrogens is 144 g/mol. The number of benzene rings is 1. The van der Waals surface area contributed by atoms with E-state index in [1.807, 2.05) is 0 Å². The van der Waals surface area contributed by atoms with Crippen LogP contribution in [0.3, 0.4) is 0 Å². The first kappa shape index (κ1) is 7.18. The second-order valence-corrected chi connectivity index (χ2v) is 3.03. The highest BCUT2D eigenvalue weighted by molar-refractivity contribution is 5.40. The minimum absolute atomic E-state index is 1.03. The molecule has 0 spiro atoms. The van der Waals surface area contributed by atoms with Gasteiger partial charge in [0, 0.05) is 12.8 Å². The quantitative estimate of drug-likeness (QED) is 0.504. The van der Waals surface area contributed by atoms with Crippen molar-refractivity contribution in [3.05, 3.63) is 59.0 Å². The summed E-state index contributed by atoms with van der Waals surface area (Å²) in [6.45, 7) is 3.53. The van der Waals surface area contributed by atoms with Gasteiger partial charge in [-0.1, -0.05) is 35.7 Å². The van der Waals surface area contributed by atoms with Crippen molar-refractivity contribution in [2.24, 2.45) is 0 Å². The van der Waals surface area contributed by atoms with Crippen LogP contribution in [0.1, 0.15) is 11.1 Å². The van der Waals surface area contributed by atoms with Gasteiger partial charge in [-0.2, -0.15) is 0 Å². The van der Waals surface area contributed by atoms with Gasteiger partial charge in [0.2, 0.25) is 0 Å². The first-order valence-corrected chi connectivity index (χ1v) is 4.10. The highest BCUT2D eigenvalue weighted by Gasteiger charge is 2.13. The minimum Gasteiger partial charge on any atom is -0.0782 e. The average molecular weight is 154 g/mol. The number of hydrogen-bond acceptors (Lipinski definition) is 0. The van der Waals surface area contributed by atoms with E-state index in [2.05, 4.69) is 42.3 Å². The van der Waals surface area contributed by atoms with E-state index in [1.165, 1.54) is 16.7 Å². The van der Waals surface area contributed by atoms with Crippen molar-refractivity contribution in [3.63, 3.8) is 0 Å². The Bertz CT molecular complexity index is 359. The minimum atomic E-state index is 1.03. The molecule has 0 N–H and O–H groups in total. The zero-order valence-electron chi connectivity index (χ0n) is 6.93. The van der Waals surface area contributed by atoms with Crippen LogP contribution in [-0.4, -0.2) is 0 Å². The van der Waals surface area contributed by atoms with Crippen LogP contribution in [-0.2, 0) is 12.8 Å². The van der Waals surface area contributed by atoms with Crippen molar-refractivity contribution in [3.8, 4) is 0 Å². The van der Waals surface area contributed by atoms with Crippen molar-refractivity contribution in [1.29, 1.82) is 0 Å². The number of allylic oxidation sites excluding steroid dienone is 1. The Hall–Kier alpha value is -1.48. The molecule has 0 radical (unpaired) electrons. The zero-order valence-corrected chi connectivity index (χ0v) is 6.93. The summed E-state index contributed by atoms with van der Waals surface area (Å²) in [6.07, 6.45) is 2.05. The van der Waals surface area contributed by atoms with E-state index in [1.54, 1.807) is 0 Å². The molecule has 0 fully saturated rings. The molecule has 0 saturated heterocycles. The molecule has 2 rings (SSSR count). The second kappa shape index (κ2) is 2.87. The molecule has 0 heteroatoms. The van der Waals surface area contributed by atoms with E-state index in [9.17, 15) is 0 Å². The van der Waals surface area contributed by atoms with Crippen LogP contribution < -0.4 is 0 Å². The maximum absolute atomic E-state index is 3.53. The summed E-state index contributed by atoms with van der Waals surface area (Å²) >= 11 is 0. The van der Waals surface area contributed by atoms with Crippen molar-refractivity contribution in [1.82, 2.24) is 0 Å². The molecule has 0 heterocycles. The molecule has 0 nitrogen and oxygen atoms in total. The fourth-order valence-corrected chi connectivity index (χ4v) is 1.64. The molecule has 0 unspecified atom stereocenters. The number of hydrogen-bond donors (Lipinski definition) is 0. The Morgan fingerprint density at radius 3 is 2.17 bits per heavy atom. The zero-order chi connectivity index (χ0) is 8.39. The van der Waals surface area contributed by atoms with Gasteiger partial charge in [-0.15, -0.1) is 0 Å². The van der Waals surface area contributed by atoms with Crippen LogP contribution in [0.25, 0.3) is 0 Å². The Morgan fingerprint density at radius 2 is 1.67 bits per heavy atom. The van der Waals surface area contributed by atoms with E-state index < -0.39 is 0 Å². The molecule has 0 aromatic heterocycles. The average Bonchev–Trinajstić information content (AvgIpc) is 2.47. The highest BCUT2D eigenvalue weighted by Crippen LogP contribution is 2.24. The maximum atomic E-state index is 3.53. The summed E-state index contributed by atoms with van der Waals surface area (Å²) in [5, 5.41) is 0. The van der Waals surface area contributed by atoms with Gasteiger partial charge < -0.3 is 0 Å². The van der Waals surface area contributed by atoms with Crippen LogP contribution >= 0.6 is 0 Å². The van der Waals surface area contributed by atoms with Gasteiger partial charge in [-0.05, 0) is 23.3 Å². The largest absolute Gasteiger partial charge is 0.0782 e. The predicted octanol–water partition coefficient (Wildman–Crippen LogP) is 2.65. The molecule has 0 amide bonds. The number of rotatable bonds is 0. The summed E-state index contributed by atoms with van der Waals surface area (Å²) < 4.78 is 0. The fourth-order valence-electron chi connectivity index (χ4n) is 1.64. The lowest BCUT2D eigenvalue weighted by molar-refractivity contribution is 1.18. The third kappa shape index (κ3) is 1.14. The summed E-state index contributed by atoms with van der Waals surface area (Å²) in [6, 6.07) is 8.51. The molecule has 0 atom stereocenters. The van der Waals surface area contributed by atoms with E-state index in [0.29, 0.717) is 0 Å². The van der Waals surface area contributed by atoms with Gasteiger partial charge in [0.05, 0.1) is 0 Å². The Labute approximate surface area is 72.5 Å². The van der Waals surface area contributed by atoms with E-state index >= 15 is 0 Å². The molecule has 0 bridgehead atoms. The van der Waals surface area contributed by atoms with Gasteiger partial charge in [-0.3, -0.25) is 0 Å². The summed E-state index contributed by atoms with van der Waals surface area (Å²) in [5.74, 6) is 0. The molecule has 1 aromatic carbocycles. The molecule has 0 aliphatic heterocycles. The summed E-state index contributed by atoms with van der Waals surface area (Å²) in [5.41, 5.74) is 9.90. The smallest absolute Gasteiger partial charge is 0.00218 e. The lowest BCUT2D eigenvalue weighted by Gasteiger charge is -1.92. The van der Waals surface area contributed by atoms with Gasteiger partial charge >= 0.3 is 0 Å². The lowest BCUT2D eigenvalue weighted by Crippen LogP contribution is -1.77. The first-order valence-electron chi connectivity index (χ1n) is 4.10. The lowest BCUT2D eigenvalue weighted by atomic mass is 10.1. The van der Waals surface area contributed by atoms with Gasteiger partial charge in [-0.25, -0.2) is 0 Å². The van der Waals surface area contributed by atoms with Crippen LogP contribution in [0.15, 0.2) is 47.9 Å². The van der Waals surface area contributed by atoms with E-state index in [0.717, 1.165) is 12.8 Å². The van der Waals surface area contributed by atoms with Crippen molar-refractivity contribution < 1.29 is 0 Å². The standard InChI is InChI=1S/C12H10/c1-2-5-10-8-11-6-3-4-7-12(11)9-10/h3-4,6-7H,1,8-9H2. The fraction of sp³-hybridized carbons (Fsp3) is 0.167. The van der Waals surface area contributed by atoms with Gasteiger partial charge in [0.25, 0.3) is 0 Å². The maximum Gasteiger partial charge on any atom is 0.00218 e. The van der Waals surface area contributed by atoms with Crippen LogP contribution in [0.5, 0.6) is 0 Å². The van der Waals surface area contributed by atoms with Crippen LogP contribution in [0.2, 0.25) is 0 Å². The molecule has 12 heavy (non-hydrogen) atoms. The van der Waals surface area contributed by atoms with Gasteiger partial charge in [0.15, 0.2) is 0 Å². The number of fused-ring (bicyclic) bond motifs is 1. The predicted molar refractivity (Wildman–Crippen MR) is 50.0 cm³/mol. The first-order chi connectivity index (χ1) is 5.90. The summed E-state index contributed by atoms with van der Waals surface area (Å²) in [4.78, 5) is 0. The SMILES string of the molecule is C=C=C=C1Cc2ccccc2C1.